The number of esters is 1. The maximum Gasteiger partial charge on any atom is 0.337 e. The lowest BCUT2D eigenvalue weighted by atomic mass is 10.1. The standard InChI is InChI=1S/C18H19NO6S/c1-10-5-6-13(18(22)25-4)8-15(10)19-26(23,24)16-9-14(17(20)21)7-11(2)12(16)3/h5-9,19H,1-4H3,(H,20,21)/p-1. The largest absolute Gasteiger partial charge is 0.545 e. The Balaban J connectivity index is 2.54. The van der Waals surface area contributed by atoms with Gasteiger partial charge in [0.1, 0.15) is 0 Å². The van der Waals surface area contributed by atoms with Gasteiger partial charge in [0.25, 0.3) is 10.0 Å². The van der Waals surface area contributed by atoms with E-state index in [1.54, 1.807) is 26.8 Å². The summed E-state index contributed by atoms with van der Waals surface area (Å²) >= 11 is 0. The molecule has 0 bridgehead atoms. The Morgan fingerprint density at radius 2 is 1.65 bits per heavy atom. The third kappa shape index (κ3) is 3.85. The van der Waals surface area contributed by atoms with Crippen LogP contribution < -0.4 is 9.83 Å². The Labute approximate surface area is 151 Å². The van der Waals surface area contributed by atoms with Gasteiger partial charge in [0.2, 0.25) is 0 Å². The predicted molar refractivity (Wildman–Crippen MR) is 93.6 cm³/mol. The smallest absolute Gasteiger partial charge is 0.337 e. The first-order chi connectivity index (χ1) is 12.1. The molecule has 0 aliphatic carbocycles. The molecule has 0 aliphatic rings. The van der Waals surface area contributed by atoms with Gasteiger partial charge in [0.15, 0.2) is 0 Å². The highest BCUT2D eigenvalue weighted by Crippen LogP contribution is 2.26. The van der Waals surface area contributed by atoms with Crippen LogP contribution in [0.15, 0.2) is 35.2 Å². The van der Waals surface area contributed by atoms with Crippen molar-refractivity contribution in [3.8, 4) is 0 Å². The summed E-state index contributed by atoms with van der Waals surface area (Å²) in [5, 5.41) is 11.1. The van der Waals surface area contributed by atoms with Crippen molar-refractivity contribution in [3.05, 3.63) is 58.1 Å². The lowest BCUT2D eigenvalue weighted by Crippen LogP contribution is -2.24. The molecule has 2 rings (SSSR count). The van der Waals surface area contributed by atoms with Gasteiger partial charge >= 0.3 is 5.97 Å². The molecule has 0 fully saturated rings. The first-order valence-corrected chi connectivity index (χ1v) is 9.09. The van der Waals surface area contributed by atoms with Crippen LogP contribution in [0.3, 0.4) is 0 Å². The number of rotatable bonds is 5. The normalized spacial score (nSPS) is 11.1. The molecule has 0 amide bonds. The molecule has 0 atom stereocenters. The summed E-state index contributed by atoms with van der Waals surface area (Å²) < 4.78 is 32.7. The minimum Gasteiger partial charge on any atom is -0.545 e. The van der Waals surface area contributed by atoms with Gasteiger partial charge in [0, 0.05) is 0 Å². The Hall–Kier alpha value is -2.87. The third-order valence-electron chi connectivity index (χ3n) is 4.05. The minimum absolute atomic E-state index is 0.167. The first-order valence-electron chi connectivity index (χ1n) is 7.61. The van der Waals surface area contributed by atoms with Crippen LogP contribution in [-0.4, -0.2) is 27.5 Å². The van der Waals surface area contributed by atoms with E-state index >= 15 is 0 Å². The average molecular weight is 376 g/mol. The summed E-state index contributed by atoms with van der Waals surface area (Å²) in [6.07, 6.45) is 0. The maximum absolute atomic E-state index is 12.8. The molecule has 0 aliphatic heterocycles. The molecule has 0 heterocycles. The molecule has 0 unspecified atom stereocenters. The van der Waals surface area contributed by atoms with E-state index in [4.69, 9.17) is 0 Å². The van der Waals surface area contributed by atoms with Crippen molar-refractivity contribution in [2.24, 2.45) is 0 Å². The van der Waals surface area contributed by atoms with Crippen molar-refractivity contribution >= 4 is 27.6 Å². The number of hydrogen-bond donors (Lipinski definition) is 1. The monoisotopic (exact) mass is 376 g/mol. The van der Waals surface area contributed by atoms with E-state index in [1.807, 2.05) is 0 Å². The summed E-state index contributed by atoms with van der Waals surface area (Å²) in [4.78, 5) is 22.6. The number of methoxy groups -OCH3 is 1. The molecule has 138 valence electrons. The predicted octanol–water partition coefficient (Wildman–Crippen LogP) is 1.56. The van der Waals surface area contributed by atoms with Crippen molar-refractivity contribution in [3.63, 3.8) is 0 Å². The van der Waals surface area contributed by atoms with Gasteiger partial charge in [-0.15, -0.1) is 0 Å². The SMILES string of the molecule is COC(=O)c1ccc(C)c(NS(=O)(=O)c2cc(C(=O)[O-])cc(C)c2C)c1. The average Bonchev–Trinajstić information content (AvgIpc) is 2.57. The highest BCUT2D eigenvalue weighted by Gasteiger charge is 2.21. The van der Waals surface area contributed by atoms with Gasteiger partial charge in [-0.1, -0.05) is 6.07 Å². The molecule has 2 aromatic rings. The molecule has 0 radical (unpaired) electrons. The number of carbonyl (C=O) groups excluding carboxylic acids is 2. The third-order valence-corrected chi connectivity index (χ3v) is 5.54. The lowest BCUT2D eigenvalue weighted by molar-refractivity contribution is -0.255. The number of sulfonamides is 1. The topological polar surface area (TPSA) is 113 Å². The number of anilines is 1. The zero-order chi connectivity index (χ0) is 19.6. The number of aryl methyl sites for hydroxylation is 2. The van der Waals surface area contributed by atoms with Crippen LogP contribution in [-0.2, 0) is 14.8 Å². The zero-order valence-corrected chi connectivity index (χ0v) is 15.6. The molecule has 7 nitrogen and oxygen atoms in total. The highest BCUT2D eigenvalue weighted by molar-refractivity contribution is 7.92. The number of carbonyl (C=O) groups is 2. The minimum atomic E-state index is -4.09. The summed E-state index contributed by atoms with van der Waals surface area (Å²) in [6.45, 7) is 4.87. The fourth-order valence-electron chi connectivity index (χ4n) is 2.40. The summed E-state index contributed by atoms with van der Waals surface area (Å²) in [6, 6.07) is 6.88. The van der Waals surface area contributed by atoms with Gasteiger partial charge in [-0.2, -0.15) is 0 Å². The number of aromatic carboxylic acids is 1. The number of benzene rings is 2. The van der Waals surface area contributed by atoms with Crippen LogP contribution in [0, 0.1) is 20.8 Å². The molecular formula is C18H18NO6S-. The first kappa shape index (κ1) is 19.5. The van der Waals surface area contributed by atoms with E-state index in [0.717, 1.165) is 6.07 Å². The van der Waals surface area contributed by atoms with Crippen LogP contribution in [0.1, 0.15) is 37.4 Å². The molecule has 0 saturated carbocycles. The number of carboxylic acid groups (broad SMARTS) is 1. The Kier molecular flexibility index (Phi) is 5.36. The number of ether oxygens (including phenoxy) is 1. The van der Waals surface area contributed by atoms with Crippen molar-refractivity contribution in [1.82, 2.24) is 0 Å². The maximum atomic E-state index is 12.8. The van der Waals surface area contributed by atoms with Gasteiger partial charge in [0.05, 0.1) is 29.2 Å². The van der Waals surface area contributed by atoms with Gasteiger partial charge in [-0.3, -0.25) is 4.72 Å². The molecule has 26 heavy (non-hydrogen) atoms. The number of nitrogens with one attached hydrogen (secondary N) is 1. The molecule has 0 saturated heterocycles. The van der Waals surface area contributed by atoms with Crippen molar-refractivity contribution in [2.75, 3.05) is 11.8 Å². The highest BCUT2D eigenvalue weighted by atomic mass is 32.2. The molecule has 0 spiro atoms. The van der Waals surface area contributed by atoms with Gasteiger partial charge in [-0.05, 0) is 67.3 Å². The summed E-state index contributed by atoms with van der Waals surface area (Å²) in [5.41, 5.74) is 1.67. The second-order valence-corrected chi connectivity index (χ2v) is 7.48. The quantitative estimate of drug-likeness (QED) is 0.793. The fraction of sp³-hybridized carbons (Fsp3) is 0.222. The van der Waals surface area contributed by atoms with E-state index in [9.17, 15) is 23.1 Å². The van der Waals surface area contributed by atoms with E-state index in [1.165, 1.54) is 25.3 Å². The fourth-order valence-corrected chi connectivity index (χ4v) is 3.87. The van der Waals surface area contributed by atoms with Crippen molar-refractivity contribution < 1.29 is 27.9 Å². The van der Waals surface area contributed by atoms with Crippen molar-refractivity contribution in [1.29, 1.82) is 0 Å². The van der Waals surface area contributed by atoms with E-state index in [-0.39, 0.29) is 21.7 Å². The van der Waals surface area contributed by atoms with Crippen LogP contribution in [0.25, 0.3) is 0 Å². The molecule has 1 N–H and O–H groups in total. The second-order valence-electron chi connectivity index (χ2n) is 5.83. The lowest BCUT2D eigenvalue weighted by Gasteiger charge is -2.16. The van der Waals surface area contributed by atoms with Crippen LogP contribution in [0.4, 0.5) is 5.69 Å². The van der Waals surface area contributed by atoms with Crippen LogP contribution >= 0.6 is 0 Å². The van der Waals surface area contributed by atoms with Gasteiger partial charge < -0.3 is 14.6 Å². The summed E-state index contributed by atoms with van der Waals surface area (Å²) in [5.74, 6) is -2.06. The Bertz CT molecular complexity index is 995. The number of carboxylic acids is 1. The van der Waals surface area contributed by atoms with E-state index in [0.29, 0.717) is 16.7 Å². The molecule has 8 heteroatoms. The molecular weight excluding hydrogens is 358 g/mol. The molecule has 2 aromatic carbocycles. The Morgan fingerprint density at radius 3 is 2.23 bits per heavy atom. The van der Waals surface area contributed by atoms with E-state index < -0.39 is 22.0 Å². The zero-order valence-electron chi connectivity index (χ0n) is 14.7. The summed E-state index contributed by atoms with van der Waals surface area (Å²) in [7, 11) is -2.86. The number of hydrogen-bond acceptors (Lipinski definition) is 6. The Morgan fingerprint density at radius 1 is 1.00 bits per heavy atom. The molecule has 0 aromatic heterocycles. The van der Waals surface area contributed by atoms with Crippen LogP contribution in [0.5, 0.6) is 0 Å². The van der Waals surface area contributed by atoms with Gasteiger partial charge in [-0.25, -0.2) is 13.2 Å². The van der Waals surface area contributed by atoms with E-state index in [2.05, 4.69) is 9.46 Å². The van der Waals surface area contributed by atoms with Crippen LogP contribution in [0.2, 0.25) is 0 Å². The van der Waals surface area contributed by atoms with Crippen molar-refractivity contribution in [2.45, 2.75) is 25.7 Å². The second kappa shape index (κ2) is 7.17.